The number of pyridine rings is 2. The number of hydrogen-bond donors (Lipinski definition) is 0. The van der Waals surface area contributed by atoms with E-state index >= 15 is 0 Å². The maximum absolute atomic E-state index is 13.6. The van der Waals surface area contributed by atoms with Gasteiger partial charge < -0.3 is 4.90 Å². The number of amides is 1. The van der Waals surface area contributed by atoms with Gasteiger partial charge in [0.1, 0.15) is 11.2 Å². The molecule has 180 valence electrons. The molecule has 0 N–H and O–H groups in total. The van der Waals surface area contributed by atoms with Crippen LogP contribution in [0.15, 0.2) is 61.1 Å². The van der Waals surface area contributed by atoms with Crippen LogP contribution in [0.4, 0.5) is 8.78 Å². The summed E-state index contributed by atoms with van der Waals surface area (Å²) < 4.78 is 28.8. The topological polar surface area (TPSA) is 89.7 Å². The van der Waals surface area contributed by atoms with Gasteiger partial charge in [0.05, 0.1) is 23.1 Å². The summed E-state index contributed by atoms with van der Waals surface area (Å²) in [6, 6.07) is 13.2. The average molecular weight is 485 g/mol. The Balaban J connectivity index is 1.46. The zero-order chi connectivity index (χ0) is 24.9. The van der Waals surface area contributed by atoms with Crippen LogP contribution >= 0.6 is 0 Å². The van der Waals surface area contributed by atoms with Crippen molar-refractivity contribution in [3.63, 3.8) is 0 Å². The van der Waals surface area contributed by atoms with Crippen LogP contribution in [0.25, 0.3) is 44.6 Å². The minimum absolute atomic E-state index is 0.00772. The number of halogens is 2. The van der Waals surface area contributed by atoms with Gasteiger partial charge in [-0.3, -0.25) is 9.48 Å². The highest BCUT2D eigenvalue weighted by Gasteiger charge is 2.36. The first-order valence-electron chi connectivity index (χ1n) is 11.6. The number of aromatic nitrogens is 6. The Morgan fingerprint density at radius 2 is 1.64 bits per heavy atom. The Hall–Kier alpha value is -4.34. The second kappa shape index (κ2) is 8.40. The SMILES string of the molecule is Cn1cc2cc(-c3nc4cc(C(=O)N5CCC(F)(F)CC5)ncc4nc3-c3ccccc3)cnc2n1. The van der Waals surface area contributed by atoms with Crippen molar-refractivity contribution in [1.29, 1.82) is 0 Å². The summed E-state index contributed by atoms with van der Waals surface area (Å²) in [4.78, 5) is 32.9. The summed E-state index contributed by atoms with van der Waals surface area (Å²) in [5.41, 5.74) is 4.68. The number of alkyl halides is 2. The van der Waals surface area contributed by atoms with Crippen LogP contribution in [0, 0.1) is 0 Å². The average Bonchev–Trinajstić information content (AvgIpc) is 3.27. The third kappa shape index (κ3) is 4.04. The molecule has 1 saturated heterocycles. The number of carbonyl (C=O) groups is 1. The second-order valence-corrected chi connectivity index (χ2v) is 8.93. The Kier molecular flexibility index (Phi) is 5.17. The van der Waals surface area contributed by atoms with Gasteiger partial charge in [-0.1, -0.05) is 30.3 Å². The summed E-state index contributed by atoms with van der Waals surface area (Å²) in [6.45, 7) is -0.0154. The van der Waals surface area contributed by atoms with E-state index in [0.29, 0.717) is 28.1 Å². The van der Waals surface area contributed by atoms with E-state index in [4.69, 9.17) is 9.97 Å². The third-order valence-electron chi connectivity index (χ3n) is 6.35. The minimum atomic E-state index is -2.73. The molecule has 6 rings (SSSR count). The van der Waals surface area contributed by atoms with E-state index < -0.39 is 5.92 Å². The normalized spacial score (nSPS) is 15.5. The van der Waals surface area contributed by atoms with Crippen molar-refractivity contribution < 1.29 is 13.6 Å². The lowest BCUT2D eigenvalue weighted by atomic mass is 10.0. The predicted molar refractivity (Wildman–Crippen MR) is 130 cm³/mol. The van der Waals surface area contributed by atoms with E-state index in [9.17, 15) is 13.6 Å². The zero-order valence-electron chi connectivity index (χ0n) is 19.4. The molecule has 1 amide bonds. The van der Waals surface area contributed by atoms with Crippen LogP contribution in [-0.2, 0) is 7.05 Å². The Bertz CT molecular complexity index is 1610. The molecule has 5 heterocycles. The fourth-order valence-electron chi connectivity index (χ4n) is 4.44. The number of likely N-dealkylation sites (tertiary alicyclic amines) is 1. The molecule has 0 radical (unpaired) electrons. The number of fused-ring (bicyclic) bond motifs is 2. The highest BCUT2D eigenvalue weighted by Crippen LogP contribution is 2.32. The van der Waals surface area contributed by atoms with Crippen molar-refractivity contribution >= 4 is 28.0 Å². The molecule has 1 aromatic carbocycles. The second-order valence-electron chi connectivity index (χ2n) is 8.93. The molecule has 1 aliphatic heterocycles. The van der Waals surface area contributed by atoms with Crippen LogP contribution in [0.1, 0.15) is 23.3 Å². The first kappa shape index (κ1) is 22.1. The predicted octanol–water partition coefficient (Wildman–Crippen LogP) is 4.51. The summed E-state index contributed by atoms with van der Waals surface area (Å²) in [6.07, 6.45) is 4.40. The van der Waals surface area contributed by atoms with Gasteiger partial charge in [0.2, 0.25) is 0 Å². The van der Waals surface area contributed by atoms with E-state index in [1.54, 1.807) is 16.9 Å². The lowest BCUT2D eigenvalue weighted by molar-refractivity contribution is -0.0495. The summed E-state index contributed by atoms with van der Waals surface area (Å²) >= 11 is 0. The standard InChI is InChI=1S/C26H21F2N7O/c1-34-15-18-11-17(13-30-24(18)33-34)23-22(16-5-3-2-4-6-16)32-21-14-29-20(12-19(21)31-23)25(36)35-9-7-26(27,28)8-10-35/h2-6,11-15H,7-10H2,1H3. The molecule has 4 aromatic heterocycles. The maximum Gasteiger partial charge on any atom is 0.272 e. The quantitative estimate of drug-likeness (QED) is 0.374. The Morgan fingerprint density at radius 1 is 0.917 bits per heavy atom. The third-order valence-corrected chi connectivity index (χ3v) is 6.35. The molecule has 5 aromatic rings. The largest absolute Gasteiger partial charge is 0.337 e. The van der Waals surface area contributed by atoms with E-state index in [-0.39, 0.29) is 37.5 Å². The van der Waals surface area contributed by atoms with Crippen LogP contribution in [0.5, 0.6) is 0 Å². The highest BCUT2D eigenvalue weighted by molar-refractivity contribution is 5.96. The molecule has 0 saturated carbocycles. The van der Waals surface area contributed by atoms with Crippen LogP contribution in [0.2, 0.25) is 0 Å². The summed E-state index contributed by atoms with van der Waals surface area (Å²) in [5, 5.41) is 5.20. The van der Waals surface area contributed by atoms with Crippen LogP contribution in [0.3, 0.4) is 0 Å². The van der Waals surface area contributed by atoms with E-state index in [0.717, 1.165) is 16.5 Å². The number of aryl methyl sites for hydroxylation is 1. The first-order valence-corrected chi connectivity index (χ1v) is 11.6. The highest BCUT2D eigenvalue weighted by atomic mass is 19.3. The lowest BCUT2D eigenvalue weighted by Gasteiger charge is -2.31. The van der Waals surface area contributed by atoms with Crippen molar-refractivity contribution in [2.24, 2.45) is 7.05 Å². The molecule has 1 fully saturated rings. The van der Waals surface area contributed by atoms with E-state index in [1.165, 1.54) is 11.1 Å². The van der Waals surface area contributed by atoms with Crippen molar-refractivity contribution in [2.45, 2.75) is 18.8 Å². The monoisotopic (exact) mass is 485 g/mol. The molecule has 8 nitrogen and oxygen atoms in total. The van der Waals surface area contributed by atoms with Crippen molar-refractivity contribution in [2.75, 3.05) is 13.1 Å². The Labute approximate surface area is 204 Å². The molecule has 0 bridgehead atoms. The lowest BCUT2D eigenvalue weighted by Crippen LogP contribution is -2.43. The van der Waals surface area contributed by atoms with Gasteiger partial charge in [0.25, 0.3) is 11.8 Å². The smallest absolute Gasteiger partial charge is 0.272 e. The summed E-state index contributed by atoms with van der Waals surface area (Å²) in [5.74, 6) is -3.12. The van der Waals surface area contributed by atoms with Gasteiger partial charge in [-0.25, -0.2) is 28.7 Å². The number of nitrogens with zero attached hydrogens (tertiary/aromatic N) is 7. The van der Waals surface area contributed by atoms with Crippen LogP contribution < -0.4 is 0 Å². The fourth-order valence-corrected chi connectivity index (χ4v) is 4.44. The van der Waals surface area contributed by atoms with Gasteiger partial charge in [-0.2, -0.15) is 5.10 Å². The van der Waals surface area contributed by atoms with Gasteiger partial charge in [-0.15, -0.1) is 0 Å². The van der Waals surface area contributed by atoms with Gasteiger partial charge >= 0.3 is 0 Å². The molecule has 0 spiro atoms. The summed E-state index contributed by atoms with van der Waals surface area (Å²) in [7, 11) is 1.83. The number of rotatable bonds is 3. The number of hydrogen-bond acceptors (Lipinski definition) is 6. The molecule has 36 heavy (non-hydrogen) atoms. The van der Waals surface area contributed by atoms with Crippen molar-refractivity contribution in [3.8, 4) is 22.5 Å². The van der Waals surface area contributed by atoms with Gasteiger partial charge in [0.15, 0.2) is 5.65 Å². The number of carbonyl (C=O) groups excluding carboxylic acids is 1. The maximum atomic E-state index is 13.6. The molecule has 0 unspecified atom stereocenters. The number of piperidine rings is 1. The van der Waals surface area contributed by atoms with Gasteiger partial charge in [0, 0.05) is 61.9 Å². The molecule has 0 atom stereocenters. The minimum Gasteiger partial charge on any atom is -0.337 e. The van der Waals surface area contributed by atoms with Crippen molar-refractivity contribution in [1.82, 2.24) is 34.6 Å². The fraction of sp³-hybridized carbons (Fsp3) is 0.231. The Morgan fingerprint density at radius 3 is 2.42 bits per heavy atom. The molecular weight excluding hydrogens is 464 g/mol. The van der Waals surface area contributed by atoms with E-state index in [2.05, 4.69) is 15.1 Å². The molecule has 0 aliphatic carbocycles. The molecule has 1 aliphatic rings. The van der Waals surface area contributed by atoms with Gasteiger partial charge in [-0.05, 0) is 12.1 Å². The van der Waals surface area contributed by atoms with Crippen molar-refractivity contribution in [3.05, 3.63) is 66.7 Å². The van der Waals surface area contributed by atoms with E-state index in [1.807, 2.05) is 49.6 Å². The number of benzene rings is 1. The zero-order valence-corrected chi connectivity index (χ0v) is 19.4. The molecule has 10 heteroatoms. The van der Waals surface area contributed by atoms with Crippen LogP contribution in [-0.4, -0.2) is 59.5 Å². The first-order chi connectivity index (χ1) is 17.4. The molecular formula is C26H21F2N7O.